The Morgan fingerprint density at radius 3 is 3.11 bits per heavy atom. The number of thioether (sulfide) groups is 1. The summed E-state index contributed by atoms with van der Waals surface area (Å²) in [4.78, 5) is 16.7. The summed E-state index contributed by atoms with van der Waals surface area (Å²) in [5.41, 5.74) is 2.00. The van der Waals surface area contributed by atoms with Crippen LogP contribution in [0.5, 0.6) is 0 Å². The fraction of sp³-hybridized carbons (Fsp3) is 0.429. The molecule has 1 aromatic carbocycles. The number of benzene rings is 1. The standard InChI is InChI=1S/C14H16N2O2S/c1-16-11-5-3-2-4-10(11)15-14(16)8-12(17)13-9-19-7-6-18-13/h2-5,13H,6-9H2,1H3. The van der Waals surface area contributed by atoms with Crippen LogP contribution in [0.1, 0.15) is 5.82 Å². The molecule has 4 nitrogen and oxygen atoms in total. The van der Waals surface area contributed by atoms with Gasteiger partial charge in [0.05, 0.1) is 24.1 Å². The highest BCUT2D eigenvalue weighted by Crippen LogP contribution is 2.18. The number of Topliss-reactive ketones (excluding diaryl/α,β-unsaturated/α-hetero) is 1. The predicted molar refractivity (Wildman–Crippen MR) is 76.5 cm³/mol. The molecule has 1 aliphatic heterocycles. The van der Waals surface area contributed by atoms with Gasteiger partial charge in [0, 0.05) is 18.6 Å². The van der Waals surface area contributed by atoms with Gasteiger partial charge in [-0.05, 0) is 12.1 Å². The molecular formula is C14H16N2O2S. The first-order valence-corrected chi connectivity index (χ1v) is 7.53. The molecule has 2 heterocycles. The maximum atomic E-state index is 12.2. The van der Waals surface area contributed by atoms with Crippen molar-refractivity contribution >= 4 is 28.6 Å². The van der Waals surface area contributed by atoms with E-state index in [0.29, 0.717) is 13.0 Å². The molecule has 0 amide bonds. The van der Waals surface area contributed by atoms with E-state index >= 15 is 0 Å². The summed E-state index contributed by atoms with van der Waals surface area (Å²) in [6, 6.07) is 7.93. The van der Waals surface area contributed by atoms with E-state index in [1.165, 1.54) is 0 Å². The van der Waals surface area contributed by atoms with Crippen molar-refractivity contribution in [1.82, 2.24) is 9.55 Å². The van der Waals surface area contributed by atoms with Gasteiger partial charge < -0.3 is 9.30 Å². The van der Waals surface area contributed by atoms with E-state index in [4.69, 9.17) is 4.74 Å². The van der Waals surface area contributed by atoms with E-state index in [-0.39, 0.29) is 11.9 Å². The van der Waals surface area contributed by atoms with Crippen LogP contribution < -0.4 is 0 Å². The van der Waals surface area contributed by atoms with E-state index in [0.717, 1.165) is 28.4 Å². The van der Waals surface area contributed by atoms with Crippen molar-refractivity contribution in [3.05, 3.63) is 30.1 Å². The van der Waals surface area contributed by atoms with Crippen molar-refractivity contribution in [2.75, 3.05) is 18.1 Å². The van der Waals surface area contributed by atoms with Gasteiger partial charge in [0.25, 0.3) is 0 Å². The second-order valence-electron chi connectivity index (χ2n) is 4.65. The zero-order chi connectivity index (χ0) is 13.2. The van der Waals surface area contributed by atoms with E-state index in [9.17, 15) is 4.79 Å². The van der Waals surface area contributed by atoms with Crippen LogP contribution in [0.3, 0.4) is 0 Å². The van der Waals surface area contributed by atoms with E-state index in [1.54, 1.807) is 11.8 Å². The first-order valence-electron chi connectivity index (χ1n) is 6.38. The van der Waals surface area contributed by atoms with Gasteiger partial charge >= 0.3 is 0 Å². The molecule has 0 bridgehead atoms. The number of hydrogen-bond acceptors (Lipinski definition) is 4. The lowest BCUT2D eigenvalue weighted by Crippen LogP contribution is -2.33. The number of para-hydroxylation sites is 2. The van der Waals surface area contributed by atoms with Gasteiger partial charge in [-0.3, -0.25) is 4.79 Å². The van der Waals surface area contributed by atoms with Gasteiger partial charge in [-0.25, -0.2) is 4.98 Å². The first-order chi connectivity index (χ1) is 9.25. The zero-order valence-corrected chi connectivity index (χ0v) is 11.7. The Morgan fingerprint density at radius 2 is 2.37 bits per heavy atom. The Balaban J connectivity index is 1.81. The average molecular weight is 276 g/mol. The van der Waals surface area contributed by atoms with E-state index < -0.39 is 0 Å². The Kier molecular flexibility index (Phi) is 3.57. The molecule has 0 N–H and O–H groups in total. The molecule has 3 rings (SSSR count). The summed E-state index contributed by atoms with van der Waals surface area (Å²) in [6.07, 6.45) is 0.0784. The fourth-order valence-electron chi connectivity index (χ4n) is 2.30. The molecule has 1 aliphatic rings. The van der Waals surface area contributed by atoms with Gasteiger partial charge in [-0.1, -0.05) is 12.1 Å². The number of rotatable bonds is 3. The second-order valence-corrected chi connectivity index (χ2v) is 5.80. The lowest BCUT2D eigenvalue weighted by Gasteiger charge is -2.20. The van der Waals surface area contributed by atoms with E-state index in [1.807, 2.05) is 35.9 Å². The lowest BCUT2D eigenvalue weighted by atomic mass is 10.2. The average Bonchev–Trinajstić information content (AvgIpc) is 2.77. The molecule has 0 aliphatic carbocycles. The molecule has 1 unspecified atom stereocenters. The van der Waals surface area contributed by atoms with Crippen LogP contribution in [0.2, 0.25) is 0 Å². The number of aryl methyl sites for hydroxylation is 1. The largest absolute Gasteiger partial charge is 0.369 e. The molecule has 0 radical (unpaired) electrons. The van der Waals surface area contributed by atoms with Crippen molar-refractivity contribution in [3.8, 4) is 0 Å². The summed E-state index contributed by atoms with van der Waals surface area (Å²) in [5.74, 6) is 2.69. The van der Waals surface area contributed by atoms with Crippen molar-refractivity contribution in [2.24, 2.45) is 7.05 Å². The normalized spacial score (nSPS) is 19.7. The van der Waals surface area contributed by atoms with Crippen molar-refractivity contribution in [1.29, 1.82) is 0 Å². The Morgan fingerprint density at radius 1 is 1.53 bits per heavy atom. The molecule has 5 heteroatoms. The molecule has 19 heavy (non-hydrogen) atoms. The smallest absolute Gasteiger partial charge is 0.169 e. The van der Waals surface area contributed by atoms with Gasteiger partial charge in [0.15, 0.2) is 5.78 Å². The maximum Gasteiger partial charge on any atom is 0.169 e. The molecule has 2 aromatic rings. The molecule has 0 spiro atoms. The van der Waals surface area contributed by atoms with Crippen molar-refractivity contribution < 1.29 is 9.53 Å². The van der Waals surface area contributed by atoms with E-state index in [2.05, 4.69) is 4.98 Å². The highest BCUT2D eigenvalue weighted by atomic mass is 32.2. The highest BCUT2D eigenvalue weighted by molar-refractivity contribution is 7.99. The Bertz CT molecular complexity index is 603. The number of aromatic nitrogens is 2. The number of ether oxygens (including phenoxy) is 1. The Hall–Kier alpha value is -1.33. The first kappa shape index (κ1) is 12.7. The molecule has 1 saturated heterocycles. The number of fused-ring (bicyclic) bond motifs is 1. The maximum absolute atomic E-state index is 12.2. The van der Waals surface area contributed by atoms with Crippen LogP contribution in [-0.4, -0.2) is 39.6 Å². The summed E-state index contributed by atoms with van der Waals surface area (Å²) in [5, 5.41) is 0. The third-order valence-corrected chi connectivity index (χ3v) is 4.38. The molecule has 0 saturated carbocycles. The fourth-order valence-corrected chi connectivity index (χ4v) is 3.17. The molecular weight excluding hydrogens is 260 g/mol. The highest BCUT2D eigenvalue weighted by Gasteiger charge is 2.24. The Labute approximate surface area is 116 Å². The van der Waals surface area contributed by atoms with Crippen LogP contribution in [-0.2, 0) is 23.0 Å². The van der Waals surface area contributed by atoms with Crippen molar-refractivity contribution in [2.45, 2.75) is 12.5 Å². The number of carbonyl (C=O) groups excluding carboxylic acids is 1. The summed E-state index contributed by atoms with van der Waals surface area (Å²) < 4.78 is 7.51. The second kappa shape index (κ2) is 5.35. The van der Waals surface area contributed by atoms with Crippen LogP contribution in [0, 0.1) is 0 Å². The number of imidazole rings is 1. The zero-order valence-electron chi connectivity index (χ0n) is 10.8. The lowest BCUT2D eigenvalue weighted by molar-refractivity contribution is -0.128. The molecule has 1 aromatic heterocycles. The van der Waals surface area contributed by atoms with Gasteiger partial charge in [-0.15, -0.1) is 0 Å². The van der Waals surface area contributed by atoms with Gasteiger partial charge in [0.1, 0.15) is 11.9 Å². The molecule has 1 fully saturated rings. The van der Waals surface area contributed by atoms with Crippen LogP contribution in [0.15, 0.2) is 24.3 Å². The minimum atomic E-state index is -0.265. The quantitative estimate of drug-likeness (QED) is 0.857. The predicted octanol–water partition coefficient (Wildman–Crippen LogP) is 1.82. The number of hydrogen-bond donors (Lipinski definition) is 0. The van der Waals surface area contributed by atoms with Crippen LogP contribution in [0.4, 0.5) is 0 Å². The molecule has 1 atom stereocenters. The van der Waals surface area contributed by atoms with Crippen molar-refractivity contribution in [3.63, 3.8) is 0 Å². The molecule has 100 valence electrons. The summed E-state index contributed by atoms with van der Waals surface area (Å²) >= 11 is 1.78. The third kappa shape index (κ3) is 2.53. The summed E-state index contributed by atoms with van der Waals surface area (Å²) in [7, 11) is 1.95. The SMILES string of the molecule is Cn1c(CC(=O)C2CSCCO2)nc2ccccc21. The number of carbonyl (C=O) groups is 1. The minimum absolute atomic E-state index is 0.130. The van der Waals surface area contributed by atoms with Crippen LogP contribution in [0.25, 0.3) is 11.0 Å². The topological polar surface area (TPSA) is 44.1 Å². The monoisotopic (exact) mass is 276 g/mol. The van der Waals surface area contributed by atoms with Crippen LogP contribution >= 0.6 is 11.8 Å². The number of ketones is 1. The summed E-state index contributed by atoms with van der Waals surface area (Å²) in [6.45, 7) is 0.670. The van der Waals surface area contributed by atoms with Gasteiger partial charge in [0.2, 0.25) is 0 Å². The third-order valence-electron chi connectivity index (χ3n) is 3.39. The minimum Gasteiger partial charge on any atom is -0.369 e. The number of nitrogens with zero attached hydrogens (tertiary/aromatic N) is 2. The van der Waals surface area contributed by atoms with Gasteiger partial charge in [-0.2, -0.15) is 11.8 Å².